The molecule has 0 spiro atoms. The smallest absolute Gasteiger partial charge is 0.232 e. The van der Waals surface area contributed by atoms with Gasteiger partial charge in [-0.2, -0.15) is 15.0 Å². The Morgan fingerprint density at radius 3 is 2.72 bits per heavy atom. The second-order valence-electron chi connectivity index (χ2n) is 5.41. The number of hydrogen-bond donors (Lipinski definition) is 2. The molecule has 2 heterocycles. The summed E-state index contributed by atoms with van der Waals surface area (Å²) in [5, 5.41) is 3.10. The molecule has 0 radical (unpaired) electrons. The molecule has 1 saturated heterocycles. The van der Waals surface area contributed by atoms with E-state index in [0.717, 1.165) is 5.69 Å². The molecule has 3 rings (SSSR count). The van der Waals surface area contributed by atoms with E-state index < -0.39 is 0 Å². The van der Waals surface area contributed by atoms with E-state index in [0.29, 0.717) is 49.6 Å². The van der Waals surface area contributed by atoms with E-state index in [1.807, 2.05) is 35.2 Å². The van der Waals surface area contributed by atoms with Crippen molar-refractivity contribution in [2.75, 3.05) is 43.1 Å². The number of hydrogen-bond acceptors (Lipinski definition) is 8. The lowest BCUT2D eigenvalue weighted by atomic mass is 10.3. The fraction of sp³-hybridized carbons (Fsp3) is 0.375. The topological polar surface area (TPSA) is 106 Å². The van der Waals surface area contributed by atoms with Gasteiger partial charge in [-0.05, 0) is 12.1 Å². The first-order chi connectivity index (χ1) is 12.2. The number of carbonyl (C=O) groups is 1. The monoisotopic (exact) mass is 360 g/mol. The summed E-state index contributed by atoms with van der Waals surface area (Å²) in [6.45, 7) is 2.52. The lowest BCUT2D eigenvalue weighted by molar-refractivity contribution is -0.132. The second kappa shape index (κ2) is 8.63. The van der Waals surface area contributed by atoms with Crippen molar-refractivity contribution < 1.29 is 9.53 Å². The van der Waals surface area contributed by atoms with E-state index in [1.165, 1.54) is 11.8 Å². The highest BCUT2D eigenvalue weighted by Gasteiger charge is 2.16. The first-order valence-electron chi connectivity index (χ1n) is 7.96. The average Bonchev–Trinajstić information content (AvgIpc) is 2.63. The minimum absolute atomic E-state index is 0.109. The predicted octanol–water partition coefficient (Wildman–Crippen LogP) is 1.29. The summed E-state index contributed by atoms with van der Waals surface area (Å²) in [7, 11) is 0. The number of nitrogens with two attached hydrogens (primary N) is 1. The number of aromatic nitrogens is 3. The molecule has 1 fully saturated rings. The number of rotatable bonds is 6. The van der Waals surface area contributed by atoms with Gasteiger partial charge in [0.15, 0.2) is 0 Å². The van der Waals surface area contributed by atoms with E-state index in [1.54, 1.807) is 0 Å². The number of ether oxygens (including phenoxy) is 1. The summed E-state index contributed by atoms with van der Waals surface area (Å²) in [6.07, 6.45) is 0. The number of para-hydroxylation sites is 1. The Kier molecular flexibility index (Phi) is 6.02. The molecule has 2 aromatic rings. The van der Waals surface area contributed by atoms with Crippen molar-refractivity contribution in [2.45, 2.75) is 5.75 Å². The quantitative estimate of drug-likeness (QED) is 0.794. The van der Waals surface area contributed by atoms with Gasteiger partial charge in [-0.15, -0.1) is 11.8 Å². The van der Waals surface area contributed by atoms with Crippen LogP contribution in [-0.4, -0.2) is 57.8 Å². The molecule has 0 atom stereocenters. The van der Waals surface area contributed by atoms with Crippen molar-refractivity contribution in [3.63, 3.8) is 0 Å². The number of nitrogens with one attached hydrogen (secondary N) is 1. The lowest BCUT2D eigenvalue weighted by Crippen LogP contribution is -2.41. The summed E-state index contributed by atoms with van der Waals surface area (Å²) in [6, 6.07) is 9.59. The van der Waals surface area contributed by atoms with Gasteiger partial charge in [0, 0.05) is 18.8 Å². The Labute approximate surface area is 150 Å². The molecule has 132 valence electrons. The number of benzene rings is 1. The number of thioether (sulfide) groups is 1. The van der Waals surface area contributed by atoms with Crippen molar-refractivity contribution in [2.24, 2.45) is 0 Å². The van der Waals surface area contributed by atoms with Gasteiger partial charge in [0.1, 0.15) is 5.82 Å². The molecule has 25 heavy (non-hydrogen) atoms. The van der Waals surface area contributed by atoms with Gasteiger partial charge in [-0.3, -0.25) is 4.79 Å². The zero-order chi connectivity index (χ0) is 17.5. The van der Waals surface area contributed by atoms with Crippen LogP contribution in [-0.2, 0) is 15.3 Å². The van der Waals surface area contributed by atoms with E-state index >= 15 is 0 Å². The van der Waals surface area contributed by atoms with E-state index in [4.69, 9.17) is 10.5 Å². The maximum Gasteiger partial charge on any atom is 0.232 e. The minimum Gasteiger partial charge on any atom is -0.378 e. The Bertz CT molecular complexity index is 709. The van der Waals surface area contributed by atoms with Crippen LogP contribution < -0.4 is 11.1 Å². The molecule has 1 aromatic heterocycles. The normalized spacial score (nSPS) is 14.3. The molecule has 0 saturated carbocycles. The van der Waals surface area contributed by atoms with Crippen molar-refractivity contribution in [1.29, 1.82) is 0 Å². The molecule has 1 amide bonds. The summed E-state index contributed by atoms with van der Waals surface area (Å²) < 4.78 is 5.25. The molecule has 1 aliphatic rings. The number of amides is 1. The van der Waals surface area contributed by atoms with Crippen LogP contribution in [0.15, 0.2) is 30.3 Å². The third-order valence-electron chi connectivity index (χ3n) is 3.55. The highest BCUT2D eigenvalue weighted by atomic mass is 32.2. The molecule has 1 aliphatic heterocycles. The Morgan fingerprint density at radius 1 is 1.20 bits per heavy atom. The van der Waals surface area contributed by atoms with Crippen molar-refractivity contribution >= 4 is 35.3 Å². The maximum atomic E-state index is 12.1. The Hall–Kier alpha value is -2.39. The van der Waals surface area contributed by atoms with Crippen LogP contribution in [0.2, 0.25) is 0 Å². The Morgan fingerprint density at radius 2 is 1.96 bits per heavy atom. The fourth-order valence-electron chi connectivity index (χ4n) is 2.34. The Balaban J connectivity index is 1.54. The largest absolute Gasteiger partial charge is 0.378 e. The van der Waals surface area contributed by atoms with E-state index in [2.05, 4.69) is 20.3 Å². The highest BCUT2D eigenvalue weighted by molar-refractivity contribution is 7.99. The van der Waals surface area contributed by atoms with Crippen molar-refractivity contribution in [1.82, 2.24) is 19.9 Å². The van der Waals surface area contributed by atoms with Crippen LogP contribution >= 0.6 is 11.8 Å². The average molecular weight is 360 g/mol. The number of nitrogens with zero attached hydrogens (tertiary/aromatic N) is 4. The van der Waals surface area contributed by atoms with Crippen molar-refractivity contribution in [3.8, 4) is 0 Å². The number of morpholine rings is 1. The van der Waals surface area contributed by atoms with Gasteiger partial charge < -0.3 is 20.7 Å². The van der Waals surface area contributed by atoms with Gasteiger partial charge in [0.05, 0.1) is 24.7 Å². The van der Waals surface area contributed by atoms with Gasteiger partial charge in [0.2, 0.25) is 17.8 Å². The molecular weight excluding hydrogens is 340 g/mol. The minimum atomic E-state index is 0.109. The molecular formula is C16H20N6O2S. The molecule has 0 unspecified atom stereocenters. The highest BCUT2D eigenvalue weighted by Crippen LogP contribution is 2.15. The molecule has 0 bridgehead atoms. The summed E-state index contributed by atoms with van der Waals surface area (Å²) in [5.41, 5.74) is 6.63. The molecule has 9 heteroatoms. The molecule has 1 aromatic carbocycles. The lowest BCUT2D eigenvalue weighted by Gasteiger charge is -2.26. The number of nitrogen functional groups attached to an aromatic ring is 1. The third-order valence-corrected chi connectivity index (χ3v) is 4.46. The SMILES string of the molecule is Nc1nc(CSCC(=O)N2CCOCC2)nc(Nc2ccccc2)n1. The fourth-order valence-corrected chi connectivity index (χ4v) is 3.11. The zero-order valence-electron chi connectivity index (χ0n) is 13.7. The standard InChI is InChI=1S/C16H20N6O2S/c17-15-19-13(10-25-11-14(23)22-6-8-24-9-7-22)20-16(21-15)18-12-4-2-1-3-5-12/h1-5H,6-11H2,(H3,17,18,19,20,21). The summed E-state index contributed by atoms with van der Waals surface area (Å²) in [4.78, 5) is 26.5. The van der Waals surface area contributed by atoms with Crippen molar-refractivity contribution in [3.05, 3.63) is 36.2 Å². The van der Waals surface area contributed by atoms with Crippen LogP contribution in [0.4, 0.5) is 17.6 Å². The third kappa shape index (κ3) is 5.30. The van der Waals surface area contributed by atoms with Crippen LogP contribution in [0.25, 0.3) is 0 Å². The van der Waals surface area contributed by atoms with Gasteiger partial charge in [-0.1, -0.05) is 18.2 Å². The number of carbonyl (C=O) groups excluding carboxylic acids is 1. The molecule has 0 aliphatic carbocycles. The predicted molar refractivity (Wildman–Crippen MR) is 97.5 cm³/mol. The second-order valence-corrected chi connectivity index (χ2v) is 6.40. The summed E-state index contributed by atoms with van der Waals surface area (Å²) >= 11 is 1.46. The van der Waals surface area contributed by atoms with Crippen LogP contribution in [0.1, 0.15) is 5.82 Å². The maximum absolute atomic E-state index is 12.1. The van der Waals surface area contributed by atoms with Gasteiger partial charge >= 0.3 is 0 Å². The first-order valence-corrected chi connectivity index (χ1v) is 9.12. The molecule has 8 nitrogen and oxygen atoms in total. The van der Waals surface area contributed by atoms with Crippen LogP contribution in [0.3, 0.4) is 0 Å². The summed E-state index contributed by atoms with van der Waals surface area (Å²) in [5.74, 6) is 2.08. The van der Waals surface area contributed by atoms with Crippen LogP contribution in [0.5, 0.6) is 0 Å². The first kappa shape index (κ1) is 17.4. The van der Waals surface area contributed by atoms with E-state index in [-0.39, 0.29) is 11.9 Å². The van der Waals surface area contributed by atoms with Gasteiger partial charge in [-0.25, -0.2) is 0 Å². The van der Waals surface area contributed by atoms with Gasteiger partial charge in [0.25, 0.3) is 0 Å². The van der Waals surface area contributed by atoms with E-state index in [9.17, 15) is 4.79 Å². The van der Waals surface area contributed by atoms with Crippen LogP contribution in [0, 0.1) is 0 Å². The zero-order valence-corrected chi connectivity index (χ0v) is 14.5. The number of anilines is 3. The molecule has 3 N–H and O–H groups in total.